The molecule has 0 aliphatic heterocycles. The monoisotopic (exact) mass is 332 g/mol. The van der Waals surface area contributed by atoms with Crippen LogP contribution in [0.15, 0.2) is 60.7 Å². The summed E-state index contributed by atoms with van der Waals surface area (Å²) in [5, 5.41) is 0. The fourth-order valence-corrected chi connectivity index (χ4v) is 3.87. The van der Waals surface area contributed by atoms with Crippen LogP contribution in [0.25, 0.3) is 17.2 Å². The van der Waals surface area contributed by atoms with Crippen LogP contribution in [0.1, 0.15) is 39.2 Å². The Hall–Kier alpha value is -2.15. The van der Waals surface area contributed by atoms with Crippen LogP contribution in [0, 0.1) is 23.7 Å². The predicted octanol–water partition coefficient (Wildman–Crippen LogP) is 6.25. The first-order valence-electron chi connectivity index (χ1n) is 9.43. The average Bonchev–Trinajstić information content (AvgIpc) is 2.62. The third kappa shape index (κ3) is 4.10. The van der Waals surface area contributed by atoms with Crippen LogP contribution in [0.3, 0.4) is 0 Å². The Morgan fingerprint density at radius 3 is 2.20 bits per heavy atom. The number of hydrogen-bond acceptors (Lipinski definition) is 1. The molecule has 1 heteroatoms. The molecule has 0 amide bonds. The fraction of sp³-hybridized carbons (Fsp3) is 0.375. The normalized spacial score (nSPS) is 24.2. The van der Waals surface area contributed by atoms with E-state index < -0.39 is 0 Å². The first-order chi connectivity index (χ1) is 12.1. The maximum absolute atomic E-state index is 12.8. The molecule has 25 heavy (non-hydrogen) atoms. The maximum atomic E-state index is 12.8. The van der Waals surface area contributed by atoms with Gasteiger partial charge in [0.25, 0.3) is 0 Å². The third-order valence-corrected chi connectivity index (χ3v) is 5.56. The zero-order valence-electron chi connectivity index (χ0n) is 15.5. The lowest BCUT2D eigenvalue weighted by atomic mass is 9.70. The van der Waals surface area contributed by atoms with Gasteiger partial charge in [-0.3, -0.25) is 4.79 Å². The molecular formula is C24H28O. The number of hydrogen-bond donors (Lipinski definition) is 0. The highest BCUT2D eigenvalue weighted by molar-refractivity contribution is 5.87. The van der Waals surface area contributed by atoms with E-state index in [1.54, 1.807) is 0 Å². The van der Waals surface area contributed by atoms with E-state index in [2.05, 4.69) is 81.5 Å². The summed E-state index contributed by atoms with van der Waals surface area (Å²) in [5.74, 6) is 1.62. The van der Waals surface area contributed by atoms with Gasteiger partial charge < -0.3 is 0 Å². The molecule has 3 rings (SSSR count). The fourth-order valence-electron chi connectivity index (χ4n) is 3.87. The van der Waals surface area contributed by atoms with Crippen molar-refractivity contribution in [3.63, 3.8) is 0 Å². The van der Waals surface area contributed by atoms with E-state index in [1.165, 1.54) is 11.1 Å². The first-order valence-corrected chi connectivity index (χ1v) is 9.43. The quantitative estimate of drug-likeness (QED) is 0.646. The molecule has 0 N–H and O–H groups in total. The first kappa shape index (κ1) is 17.7. The summed E-state index contributed by atoms with van der Waals surface area (Å²) in [7, 11) is 0. The van der Waals surface area contributed by atoms with Crippen molar-refractivity contribution in [2.75, 3.05) is 0 Å². The van der Waals surface area contributed by atoms with Crippen molar-refractivity contribution >= 4 is 11.9 Å². The van der Waals surface area contributed by atoms with E-state index in [1.807, 2.05) is 6.07 Å². The molecule has 0 aromatic heterocycles. The van der Waals surface area contributed by atoms with Crippen molar-refractivity contribution in [3.05, 3.63) is 66.2 Å². The van der Waals surface area contributed by atoms with Gasteiger partial charge in [0.1, 0.15) is 5.78 Å². The van der Waals surface area contributed by atoms with Crippen molar-refractivity contribution < 1.29 is 4.79 Å². The van der Waals surface area contributed by atoms with Gasteiger partial charge in [-0.15, -0.1) is 0 Å². The number of benzene rings is 2. The SMILES string of the molecule is CC(C)[C@H]1CC[C@@H](C)C(/C=C/c2ccc(-c3ccccc3)cc2)C1=O. The second-order valence-electron chi connectivity index (χ2n) is 7.68. The topological polar surface area (TPSA) is 17.1 Å². The number of ketones is 1. The largest absolute Gasteiger partial charge is 0.299 e. The average molecular weight is 332 g/mol. The Morgan fingerprint density at radius 2 is 1.56 bits per heavy atom. The third-order valence-electron chi connectivity index (χ3n) is 5.56. The van der Waals surface area contributed by atoms with Gasteiger partial charge in [0.05, 0.1) is 0 Å². The van der Waals surface area contributed by atoms with Crippen LogP contribution in [0.2, 0.25) is 0 Å². The van der Waals surface area contributed by atoms with Crippen LogP contribution in [0.4, 0.5) is 0 Å². The second-order valence-corrected chi connectivity index (χ2v) is 7.68. The molecule has 0 radical (unpaired) electrons. The lowest BCUT2D eigenvalue weighted by Gasteiger charge is -2.33. The molecule has 1 aliphatic rings. The Morgan fingerprint density at radius 1 is 0.920 bits per heavy atom. The molecule has 130 valence electrons. The van der Waals surface area contributed by atoms with E-state index in [4.69, 9.17) is 0 Å². The second kappa shape index (κ2) is 7.82. The molecule has 3 atom stereocenters. The van der Waals surface area contributed by atoms with Gasteiger partial charge in [-0.1, -0.05) is 87.5 Å². The highest BCUT2D eigenvalue weighted by Crippen LogP contribution is 2.35. The maximum Gasteiger partial charge on any atom is 0.143 e. The van der Waals surface area contributed by atoms with E-state index in [0.717, 1.165) is 18.4 Å². The summed E-state index contributed by atoms with van der Waals surface area (Å²) in [6.45, 7) is 6.55. The molecule has 2 aromatic rings. The molecule has 1 unspecified atom stereocenters. The van der Waals surface area contributed by atoms with Crippen molar-refractivity contribution in [2.24, 2.45) is 23.7 Å². The van der Waals surface area contributed by atoms with Gasteiger partial charge in [-0.2, -0.15) is 0 Å². The standard InChI is InChI=1S/C24H28O/c1-17(2)22-15-9-18(3)23(24(22)25)16-12-19-10-13-21(14-11-19)20-7-5-4-6-8-20/h4-8,10-14,16-18,22-23H,9,15H2,1-3H3/b16-12+/t18-,22-,23?/m1/s1. The van der Waals surface area contributed by atoms with E-state index in [9.17, 15) is 4.79 Å². The van der Waals surface area contributed by atoms with Crippen LogP contribution in [0.5, 0.6) is 0 Å². The van der Waals surface area contributed by atoms with Gasteiger partial charge >= 0.3 is 0 Å². The number of Topliss-reactive ketones (excluding diaryl/α,β-unsaturated/α-hetero) is 1. The smallest absolute Gasteiger partial charge is 0.143 e. The summed E-state index contributed by atoms with van der Waals surface area (Å²) in [4.78, 5) is 12.8. The molecular weight excluding hydrogens is 304 g/mol. The zero-order chi connectivity index (χ0) is 17.8. The lowest BCUT2D eigenvalue weighted by molar-refractivity contribution is -0.130. The summed E-state index contributed by atoms with van der Waals surface area (Å²) >= 11 is 0. The minimum Gasteiger partial charge on any atom is -0.299 e. The highest BCUT2D eigenvalue weighted by atomic mass is 16.1. The van der Waals surface area contributed by atoms with Gasteiger partial charge in [-0.05, 0) is 41.4 Å². The Bertz CT molecular complexity index is 724. The van der Waals surface area contributed by atoms with Crippen LogP contribution in [-0.2, 0) is 4.79 Å². The Kier molecular flexibility index (Phi) is 5.53. The van der Waals surface area contributed by atoms with E-state index in [0.29, 0.717) is 17.6 Å². The molecule has 1 fully saturated rings. The lowest BCUT2D eigenvalue weighted by Crippen LogP contribution is -2.35. The predicted molar refractivity (Wildman–Crippen MR) is 106 cm³/mol. The molecule has 0 heterocycles. The van der Waals surface area contributed by atoms with Gasteiger partial charge in [-0.25, -0.2) is 0 Å². The van der Waals surface area contributed by atoms with E-state index in [-0.39, 0.29) is 11.8 Å². The van der Waals surface area contributed by atoms with Gasteiger partial charge in [0.2, 0.25) is 0 Å². The van der Waals surface area contributed by atoms with Crippen molar-refractivity contribution in [3.8, 4) is 11.1 Å². The molecule has 1 aliphatic carbocycles. The minimum absolute atomic E-state index is 0.0648. The molecule has 1 saturated carbocycles. The van der Waals surface area contributed by atoms with Crippen LogP contribution < -0.4 is 0 Å². The Balaban J connectivity index is 1.73. The number of carbonyl (C=O) groups excluding carboxylic acids is 1. The number of carbonyl (C=O) groups is 1. The zero-order valence-corrected chi connectivity index (χ0v) is 15.5. The van der Waals surface area contributed by atoms with Crippen molar-refractivity contribution in [2.45, 2.75) is 33.6 Å². The summed E-state index contributed by atoms with van der Waals surface area (Å²) in [6.07, 6.45) is 6.46. The van der Waals surface area contributed by atoms with Gasteiger partial charge in [0.15, 0.2) is 0 Å². The highest BCUT2D eigenvalue weighted by Gasteiger charge is 2.35. The van der Waals surface area contributed by atoms with Crippen LogP contribution in [-0.4, -0.2) is 5.78 Å². The number of rotatable bonds is 4. The summed E-state index contributed by atoms with van der Waals surface area (Å²) < 4.78 is 0. The molecule has 0 bridgehead atoms. The molecule has 2 aromatic carbocycles. The van der Waals surface area contributed by atoms with E-state index >= 15 is 0 Å². The van der Waals surface area contributed by atoms with Crippen molar-refractivity contribution in [1.82, 2.24) is 0 Å². The minimum atomic E-state index is 0.0648. The van der Waals surface area contributed by atoms with Crippen LogP contribution >= 0.6 is 0 Å². The molecule has 0 saturated heterocycles. The Labute approximate surface area is 151 Å². The summed E-state index contributed by atoms with van der Waals surface area (Å²) in [5.41, 5.74) is 3.61. The number of allylic oxidation sites excluding steroid dienone is 1. The van der Waals surface area contributed by atoms with Crippen molar-refractivity contribution in [1.29, 1.82) is 0 Å². The van der Waals surface area contributed by atoms with Gasteiger partial charge in [0, 0.05) is 11.8 Å². The summed E-state index contributed by atoms with van der Waals surface area (Å²) in [6, 6.07) is 19.0. The molecule has 1 nitrogen and oxygen atoms in total. The molecule has 0 spiro atoms.